The number of nitrogens with two attached hydrogens (primary N) is 1. The van der Waals surface area contributed by atoms with E-state index in [1.54, 1.807) is 23.9 Å². The molecule has 1 aromatic rings. The largest absolute Gasteiger partial charge is 0.399 e. The zero-order valence-corrected chi connectivity index (χ0v) is 8.53. The highest BCUT2D eigenvalue weighted by Gasteiger charge is 2.00. The maximum atomic E-state index is 8.35. The Morgan fingerprint density at radius 2 is 2.31 bits per heavy atom. The van der Waals surface area contributed by atoms with Crippen LogP contribution in [0.5, 0.6) is 0 Å². The van der Waals surface area contributed by atoms with Gasteiger partial charge in [-0.1, -0.05) is 11.6 Å². The number of thioether (sulfide) groups is 1. The number of hydrogen-bond donors (Lipinski definition) is 1. The van der Waals surface area contributed by atoms with Crippen molar-refractivity contribution in [2.24, 2.45) is 0 Å². The summed E-state index contributed by atoms with van der Waals surface area (Å²) in [6.45, 7) is 0. The highest BCUT2D eigenvalue weighted by molar-refractivity contribution is 7.99. The van der Waals surface area contributed by atoms with E-state index < -0.39 is 0 Å². The van der Waals surface area contributed by atoms with Gasteiger partial charge < -0.3 is 5.73 Å². The first-order chi connectivity index (χ1) is 6.24. The summed E-state index contributed by atoms with van der Waals surface area (Å²) >= 11 is 7.47. The van der Waals surface area contributed by atoms with Gasteiger partial charge in [0.1, 0.15) is 0 Å². The third-order valence-corrected chi connectivity index (χ3v) is 2.93. The number of hydrogen-bond acceptors (Lipinski definition) is 3. The van der Waals surface area contributed by atoms with Gasteiger partial charge in [-0.05, 0) is 18.2 Å². The van der Waals surface area contributed by atoms with Crippen molar-refractivity contribution in [2.75, 3.05) is 11.5 Å². The first-order valence-corrected chi connectivity index (χ1v) is 5.15. The molecule has 0 radical (unpaired) electrons. The lowest BCUT2D eigenvalue weighted by Crippen LogP contribution is -1.85. The summed E-state index contributed by atoms with van der Waals surface area (Å²) in [4.78, 5) is 0.942. The summed E-state index contributed by atoms with van der Waals surface area (Å²) < 4.78 is 0. The molecule has 0 fully saturated rings. The molecule has 0 aliphatic carbocycles. The first kappa shape index (κ1) is 10.2. The molecule has 2 nitrogen and oxygen atoms in total. The standard InChI is InChI=1S/C9H9ClN2S/c10-8-3-2-7(12)6-9(8)13-5-1-4-11/h2-3,6H,1,5,12H2. The SMILES string of the molecule is N#CCCSc1cc(N)ccc1Cl. The number of halogens is 1. The second kappa shape index (κ2) is 5.00. The van der Waals surface area contributed by atoms with Crippen molar-refractivity contribution in [3.05, 3.63) is 23.2 Å². The van der Waals surface area contributed by atoms with Gasteiger partial charge in [-0.25, -0.2) is 0 Å². The second-order valence-electron chi connectivity index (χ2n) is 2.45. The molecule has 68 valence electrons. The lowest BCUT2D eigenvalue weighted by molar-refractivity contribution is 1.23. The average molecular weight is 213 g/mol. The van der Waals surface area contributed by atoms with E-state index in [0.29, 0.717) is 17.1 Å². The minimum Gasteiger partial charge on any atom is -0.399 e. The molecular formula is C9H9ClN2S. The van der Waals surface area contributed by atoms with Crippen LogP contribution in [0.2, 0.25) is 5.02 Å². The quantitative estimate of drug-likeness (QED) is 0.476. The van der Waals surface area contributed by atoms with Gasteiger partial charge in [-0.3, -0.25) is 0 Å². The lowest BCUT2D eigenvalue weighted by Gasteiger charge is -2.02. The Hall–Kier alpha value is -0.850. The molecule has 13 heavy (non-hydrogen) atoms. The fourth-order valence-corrected chi connectivity index (χ4v) is 1.96. The summed E-state index contributed by atoms with van der Waals surface area (Å²) in [6, 6.07) is 7.43. The molecule has 0 aliphatic heterocycles. The summed E-state index contributed by atoms with van der Waals surface area (Å²) in [5.74, 6) is 0.750. The third kappa shape index (κ3) is 3.17. The molecule has 4 heteroatoms. The van der Waals surface area contributed by atoms with Gasteiger partial charge in [0, 0.05) is 22.8 Å². The molecule has 0 saturated heterocycles. The lowest BCUT2D eigenvalue weighted by atomic mass is 10.3. The minimum atomic E-state index is 0.524. The maximum Gasteiger partial charge on any atom is 0.0630 e. The van der Waals surface area contributed by atoms with Crippen molar-refractivity contribution in [1.29, 1.82) is 5.26 Å². The highest BCUT2D eigenvalue weighted by Crippen LogP contribution is 2.29. The Morgan fingerprint density at radius 1 is 1.54 bits per heavy atom. The molecule has 0 aromatic heterocycles. The fraction of sp³-hybridized carbons (Fsp3) is 0.222. The maximum absolute atomic E-state index is 8.35. The van der Waals surface area contributed by atoms with E-state index in [1.165, 1.54) is 0 Å². The smallest absolute Gasteiger partial charge is 0.0630 e. The molecule has 0 aliphatic rings. The summed E-state index contributed by atoms with van der Waals surface area (Å²) in [7, 11) is 0. The van der Waals surface area contributed by atoms with Crippen molar-refractivity contribution in [2.45, 2.75) is 11.3 Å². The van der Waals surface area contributed by atoms with Crippen LogP contribution >= 0.6 is 23.4 Å². The predicted molar refractivity (Wildman–Crippen MR) is 56.8 cm³/mol. The number of benzene rings is 1. The van der Waals surface area contributed by atoms with Crippen LogP contribution in [0.15, 0.2) is 23.1 Å². The first-order valence-electron chi connectivity index (χ1n) is 3.79. The Labute approximate surface area is 86.7 Å². The number of nitriles is 1. The van der Waals surface area contributed by atoms with Crippen LogP contribution in [0.4, 0.5) is 5.69 Å². The zero-order valence-electron chi connectivity index (χ0n) is 6.96. The Balaban J connectivity index is 2.65. The third-order valence-electron chi connectivity index (χ3n) is 1.43. The van der Waals surface area contributed by atoms with E-state index in [-0.39, 0.29) is 0 Å². The summed E-state index contributed by atoms with van der Waals surface area (Å²) in [5.41, 5.74) is 6.29. The Bertz CT molecular complexity index is 333. The topological polar surface area (TPSA) is 49.8 Å². The molecule has 2 N–H and O–H groups in total. The predicted octanol–water partition coefficient (Wildman–Crippen LogP) is 2.93. The minimum absolute atomic E-state index is 0.524. The van der Waals surface area contributed by atoms with Crippen LogP contribution < -0.4 is 5.73 Å². The van der Waals surface area contributed by atoms with Gasteiger partial charge in [0.05, 0.1) is 11.1 Å². The van der Waals surface area contributed by atoms with Crippen LogP contribution in [0, 0.1) is 11.3 Å². The van der Waals surface area contributed by atoms with Crippen molar-refractivity contribution in [1.82, 2.24) is 0 Å². The summed E-state index contributed by atoms with van der Waals surface area (Å²) in [6.07, 6.45) is 0.524. The van der Waals surface area contributed by atoms with Crippen molar-refractivity contribution < 1.29 is 0 Å². The normalized spacial score (nSPS) is 9.54. The Kier molecular flexibility index (Phi) is 3.94. The molecule has 0 atom stereocenters. The highest BCUT2D eigenvalue weighted by atomic mass is 35.5. The zero-order chi connectivity index (χ0) is 9.68. The van der Waals surface area contributed by atoms with Gasteiger partial charge in [0.2, 0.25) is 0 Å². The van der Waals surface area contributed by atoms with E-state index in [1.807, 2.05) is 6.07 Å². The van der Waals surface area contributed by atoms with Crippen LogP contribution in [0.1, 0.15) is 6.42 Å². The van der Waals surface area contributed by atoms with Gasteiger partial charge in [-0.15, -0.1) is 11.8 Å². The van der Waals surface area contributed by atoms with E-state index >= 15 is 0 Å². The van der Waals surface area contributed by atoms with Gasteiger partial charge in [0.25, 0.3) is 0 Å². The van der Waals surface area contributed by atoms with Gasteiger partial charge >= 0.3 is 0 Å². The Morgan fingerprint density at radius 3 is 3.00 bits per heavy atom. The average Bonchev–Trinajstić information content (AvgIpc) is 2.11. The molecule has 0 bridgehead atoms. The van der Waals surface area contributed by atoms with E-state index in [9.17, 15) is 0 Å². The van der Waals surface area contributed by atoms with Crippen LogP contribution in [0.3, 0.4) is 0 Å². The number of nitrogen functional groups attached to an aromatic ring is 1. The molecule has 0 saturated carbocycles. The molecule has 0 spiro atoms. The van der Waals surface area contributed by atoms with E-state index in [0.717, 1.165) is 10.6 Å². The summed E-state index contributed by atoms with van der Waals surface area (Å²) in [5, 5.41) is 9.04. The van der Waals surface area contributed by atoms with Crippen LogP contribution in [-0.4, -0.2) is 5.75 Å². The second-order valence-corrected chi connectivity index (χ2v) is 3.99. The van der Waals surface area contributed by atoms with Crippen molar-refractivity contribution in [3.63, 3.8) is 0 Å². The molecular weight excluding hydrogens is 204 g/mol. The molecule has 0 amide bonds. The van der Waals surface area contributed by atoms with Crippen LogP contribution in [0.25, 0.3) is 0 Å². The number of rotatable bonds is 3. The number of nitrogens with zero attached hydrogens (tertiary/aromatic N) is 1. The van der Waals surface area contributed by atoms with Gasteiger partial charge in [-0.2, -0.15) is 5.26 Å². The van der Waals surface area contributed by atoms with Crippen molar-refractivity contribution >= 4 is 29.1 Å². The number of anilines is 1. The van der Waals surface area contributed by atoms with E-state index in [2.05, 4.69) is 6.07 Å². The van der Waals surface area contributed by atoms with Crippen molar-refractivity contribution in [3.8, 4) is 6.07 Å². The van der Waals surface area contributed by atoms with Crippen LogP contribution in [-0.2, 0) is 0 Å². The van der Waals surface area contributed by atoms with Gasteiger partial charge in [0.15, 0.2) is 0 Å². The molecule has 0 unspecified atom stereocenters. The fourth-order valence-electron chi connectivity index (χ4n) is 0.837. The molecule has 1 rings (SSSR count). The van der Waals surface area contributed by atoms with E-state index in [4.69, 9.17) is 22.6 Å². The molecule has 1 aromatic carbocycles. The monoisotopic (exact) mass is 212 g/mol. The molecule has 0 heterocycles.